The van der Waals surface area contributed by atoms with Gasteiger partial charge in [-0.15, -0.1) is 0 Å². The van der Waals surface area contributed by atoms with Crippen molar-refractivity contribution in [3.05, 3.63) is 0 Å². The molecule has 0 radical (unpaired) electrons. The quantitative estimate of drug-likeness (QED) is 0.544. The number of ether oxygens (including phenoxy) is 1. The highest BCUT2D eigenvalue weighted by Crippen LogP contribution is 2.21. The first kappa shape index (κ1) is 12.5. The van der Waals surface area contributed by atoms with Gasteiger partial charge >= 0.3 is 0 Å². The Morgan fingerprint density at radius 1 is 1.67 bits per heavy atom. The van der Waals surface area contributed by atoms with Crippen LogP contribution in [-0.4, -0.2) is 42.1 Å². The van der Waals surface area contributed by atoms with Crippen LogP contribution in [0.1, 0.15) is 27.7 Å². The van der Waals surface area contributed by atoms with Crippen molar-refractivity contribution in [3.63, 3.8) is 0 Å². The molecule has 0 aromatic heterocycles. The topological polar surface area (TPSA) is 62.3 Å². The molecule has 2 unspecified atom stereocenters. The molecule has 15 heavy (non-hydrogen) atoms. The van der Waals surface area contributed by atoms with Crippen LogP contribution < -0.4 is 5.73 Å². The monoisotopic (exact) mass is 213 g/mol. The highest BCUT2D eigenvalue weighted by molar-refractivity contribution is 5.79. The van der Waals surface area contributed by atoms with Crippen molar-refractivity contribution < 1.29 is 4.74 Å². The number of morpholine rings is 1. The first-order valence-electron chi connectivity index (χ1n) is 5.54. The summed E-state index contributed by atoms with van der Waals surface area (Å²) in [5.41, 5.74) is 5.39. The standard InChI is InChI=1S/C11H23N3O/c1-8(10(12)13)5-14-6-9(2)15-11(3,4)7-14/h8-9H,5-7H2,1-4H3,(H3,12,13). The van der Waals surface area contributed by atoms with Gasteiger partial charge in [-0.1, -0.05) is 6.92 Å². The van der Waals surface area contributed by atoms with Gasteiger partial charge < -0.3 is 10.5 Å². The average Bonchev–Trinajstić information content (AvgIpc) is 1.99. The van der Waals surface area contributed by atoms with Crippen molar-refractivity contribution in [1.82, 2.24) is 4.90 Å². The molecule has 2 atom stereocenters. The van der Waals surface area contributed by atoms with Crippen LogP contribution in [-0.2, 0) is 4.74 Å². The maximum atomic E-state index is 7.39. The number of hydrogen-bond acceptors (Lipinski definition) is 3. The third-order valence-corrected chi connectivity index (χ3v) is 2.70. The minimum Gasteiger partial charge on any atom is -0.387 e. The molecule has 4 heteroatoms. The fourth-order valence-corrected chi connectivity index (χ4v) is 2.21. The lowest BCUT2D eigenvalue weighted by Crippen LogP contribution is -2.53. The van der Waals surface area contributed by atoms with Crippen molar-refractivity contribution in [2.24, 2.45) is 11.7 Å². The van der Waals surface area contributed by atoms with Crippen molar-refractivity contribution in [2.45, 2.75) is 39.4 Å². The van der Waals surface area contributed by atoms with Gasteiger partial charge in [0, 0.05) is 25.6 Å². The molecule has 1 heterocycles. The molecule has 1 aliphatic rings. The van der Waals surface area contributed by atoms with Gasteiger partial charge in [-0.2, -0.15) is 0 Å². The molecule has 88 valence electrons. The van der Waals surface area contributed by atoms with Crippen molar-refractivity contribution in [2.75, 3.05) is 19.6 Å². The van der Waals surface area contributed by atoms with E-state index in [0.717, 1.165) is 19.6 Å². The number of nitrogens with zero attached hydrogens (tertiary/aromatic N) is 1. The predicted molar refractivity (Wildman–Crippen MR) is 62.1 cm³/mol. The molecule has 1 aliphatic heterocycles. The number of rotatable bonds is 3. The van der Waals surface area contributed by atoms with Gasteiger partial charge in [0.05, 0.1) is 17.5 Å². The summed E-state index contributed by atoms with van der Waals surface area (Å²) in [6.07, 6.45) is 0.257. The lowest BCUT2D eigenvalue weighted by molar-refractivity contribution is -0.129. The Morgan fingerprint density at radius 3 is 2.73 bits per heavy atom. The Bertz CT molecular complexity index is 240. The van der Waals surface area contributed by atoms with E-state index in [1.54, 1.807) is 0 Å². The summed E-state index contributed by atoms with van der Waals surface area (Å²) in [6.45, 7) is 11.0. The Morgan fingerprint density at radius 2 is 2.27 bits per heavy atom. The van der Waals surface area contributed by atoms with Crippen LogP contribution in [0.25, 0.3) is 0 Å². The normalized spacial score (nSPS) is 28.7. The second kappa shape index (κ2) is 4.49. The van der Waals surface area contributed by atoms with E-state index in [1.165, 1.54) is 0 Å². The zero-order valence-electron chi connectivity index (χ0n) is 10.2. The van der Waals surface area contributed by atoms with E-state index >= 15 is 0 Å². The average molecular weight is 213 g/mol. The number of hydrogen-bond donors (Lipinski definition) is 2. The van der Waals surface area contributed by atoms with E-state index in [9.17, 15) is 0 Å². The van der Waals surface area contributed by atoms with Gasteiger partial charge in [-0.05, 0) is 20.8 Å². The zero-order chi connectivity index (χ0) is 11.6. The van der Waals surface area contributed by atoms with Crippen LogP contribution in [0, 0.1) is 11.3 Å². The highest BCUT2D eigenvalue weighted by Gasteiger charge is 2.31. The molecule has 1 saturated heterocycles. The molecule has 1 rings (SSSR count). The van der Waals surface area contributed by atoms with E-state index in [2.05, 4.69) is 25.7 Å². The third-order valence-electron chi connectivity index (χ3n) is 2.70. The SMILES string of the molecule is CC1CN(CC(C)C(=N)N)CC(C)(C)O1. The second-order valence-electron chi connectivity index (χ2n) is 5.24. The van der Waals surface area contributed by atoms with Gasteiger partial charge in [0.1, 0.15) is 0 Å². The molecule has 0 bridgehead atoms. The lowest BCUT2D eigenvalue weighted by atomic mass is 10.0. The largest absolute Gasteiger partial charge is 0.387 e. The predicted octanol–water partition coefficient (Wildman–Crippen LogP) is 1.06. The summed E-state index contributed by atoms with van der Waals surface area (Å²) in [6, 6.07) is 0. The van der Waals surface area contributed by atoms with Crippen LogP contribution in [0.4, 0.5) is 0 Å². The first-order valence-corrected chi connectivity index (χ1v) is 5.54. The number of nitrogens with one attached hydrogen (secondary N) is 1. The van der Waals surface area contributed by atoms with Crippen LogP contribution in [0.3, 0.4) is 0 Å². The van der Waals surface area contributed by atoms with Crippen molar-refractivity contribution in [3.8, 4) is 0 Å². The Labute approximate surface area is 92.3 Å². The summed E-state index contributed by atoms with van der Waals surface area (Å²) in [5.74, 6) is 0.401. The van der Waals surface area contributed by atoms with Gasteiger partial charge in [0.25, 0.3) is 0 Å². The van der Waals surface area contributed by atoms with Crippen LogP contribution in [0.15, 0.2) is 0 Å². The van der Waals surface area contributed by atoms with Gasteiger partial charge in [0.2, 0.25) is 0 Å². The summed E-state index contributed by atoms with van der Waals surface area (Å²) in [7, 11) is 0. The Balaban J connectivity index is 2.52. The molecule has 0 aliphatic carbocycles. The van der Waals surface area contributed by atoms with E-state index in [0.29, 0.717) is 0 Å². The maximum Gasteiger partial charge on any atom is 0.0947 e. The Hall–Kier alpha value is -0.610. The Kier molecular flexibility index (Phi) is 3.73. The summed E-state index contributed by atoms with van der Waals surface area (Å²) in [4.78, 5) is 2.33. The van der Waals surface area contributed by atoms with Crippen LogP contribution in [0.5, 0.6) is 0 Å². The highest BCUT2D eigenvalue weighted by atomic mass is 16.5. The molecule has 0 amide bonds. The summed E-state index contributed by atoms with van der Waals surface area (Å²) >= 11 is 0. The third kappa shape index (κ3) is 3.80. The molecule has 0 aromatic carbocycles. The fraction of sp³-hybridized carbons (Fsp3) is 0.909. The first-order chi connectivity index (χ1) is 6.80. The molecular weight excluding hydrogens is 190 g/mol. The van der Waals surface area contributed by atoms with E-state index < -0.39 is 0 Å². The molecule has 4 nitrogen and oxygen atoms in total. The molecule has 3 N–H and O–H groups in total. The second-order valence-corrected chi connectivity index (χ2v) is 5.24. The summed E-state index contributed by atoms with van der Waals surface area (Å²) in [5, 5.41) is 7.39. The smallest absolute Gasteiger partial charge is 0.0947 e. The number of amidine groups is 1. The molecule has 1 fully saturated rings. The van der Waals surface area contributed by atoms with Gasteiger partial charge in [0.15, 0.2) is 0 Å². The van der Waals surface area contributed by atoms with Crippen molar-refractivity contribution in [1.29, 1.82) is 5.41 Å². The van der Waals surface area contributed by atoms with Gasteiger partial charge in [-0.25, -0.2) is 0 Å². The van der Waals surface area contributed by atoms with Crippen LogP contribution in [0.2, 0.25) is 0 Å². The maximum absolute atomic E-state index is 7.39. The van der Waals surface area contributed by atoms with Crippen LogP contribution >= 0.6 is 0 Å². The minimum atomic E-state index is -0.0891. The summed E-state index contributed by atoms with van der Waals surface area (Å²) < 4.78 is 5.82. The van der Waals surface area contributed by atoms with E-state index in [1.807, 2.05) is 6.92 Å². The molecule has 0 aromatic rings. The van der Waals surface area contributed by atoms with E-state index in [-0.39, 0.29) is 23.5 Å². The lowest BCUT2D eigenvalue weighted by Gasteiger charge is -2.42. The van der Waals surface area contributed by atoms with Gasteiger partial charge in [-0.3, -0.25) is 10.3 Å². The van der Waals surface area contributed by atoms with E-state index in [4.69, 9.17) is 15.9 Å². The van der Waals surface area contributed by atoms with Crippen molar-refractivity contribution >= 4 is 5.84 Å². The fourth-order valence-electron chi connectivity index (χ4n) is 2.21. The minimum absolute atomic E-state index is 0.0891. The zero-order valence-corrected chi connectivity index (χ0v) is 10.2. The number of nitrogens with two attached hydrogens (primary N) is 1. The molecular formula is C11H23N3O. The molecule has 0 saturated carbocycles. The molecule has 0 spiro atoms.